The highest BCUT2D eigenvalue weighted by Crippen LogP contribution is 2.06. The first-order valence-electron chi connectivity index (χ1n) is 4.43. The van der Waals surface area contributed by atoms with Gasteiger partial charge in [-0.05, 0) is 20.8 Å². The molecule has 0 radical (unpaired) electrons. The average molecular weight is 199 g/mol. The molecule has 0 heterocycles. The Morgan fingerprint density at radius 1 is 1.64 bits per heavy atom. The van der Waals surface area contributed by atoms with Crippen molar-refractivity contribution >= 4 is 6.09 Å². The van der Waals surface area contributed by atoms with Gasteiger partial charge in [-0.1, -0.05) is 0 Å². The van der Waals surface area contributed by atoms with E-state index in [-0.39, 0.29) is 13.0 Å². The van der Waals surface area contributed by atoms with Gasteiger partial charge in [-0.15, -0.1) is 12.3 Å². The van der Waals surface area contributed by atoms with E-state index >= 15 is 0 Å². The molecule has 4 nitrogen and oxygen atoms in total. The Labute approximate surface area is 84.6 Å². The van der Waals surface area contributed by atoms with Gasteiger partial charge in [0.1, 0.15) is 5.60 Å². The Morgan fingerprint density at radius 2 is 2.21 bits per heavy atom. The number of hydrogen-bond donors (Lipinski definition) is 2. The number of rotatable bonds is 3. The number of alkyl carbamates (subject to hydrolysis) is 1. The van der Waals surface area contributed by atoms with E-state index < -0.39 is 17.8 Å². The Kier molecular flexibility index (Phi) is 5.03. The van der Waals surface area contributed by atoms with Crippen LogP contribution in [-0.4, -0.2) is 29.4 Å². The van der Waals surface area contributed by atoms with Gasteiger partial charge in [-0.25, -0.2) is 4.79 Å². The molecule has 0 aromatic heterocycles. The lowest BCUT2D eigenvalue weighted by Crippen LogP contribution is -2.36. The number of hydrogen-bond acceptors (Lipinski definition) is 3. The second-order valence-corrected chi connectivity index (χ2v) is 3.94. The van der Waals surface area contributed by atoms with Crippen LogP contribution in [0, 0.1) is 12.3 Å². The summed E-state index contributed by atoms with van der Waals surface area (Å²) in [6.45, 7) is 5.42. The molecule has 0 aliphatic carbocycles. The topological polar surface area (TPSA) is 58.6 Å². The van der Waals surface area contributed by atoms with Crippen molar-refractivity contribution in [3.63, 3.8) is 0 Å². The van der Waals surface area contributed by atoms with Gasteiger partial charge >= 0.3 is 6.09 Å². The Morgan fingerprint density at radius 3 is 2.64 bits per heavy atom. The monoisotopic (exact) mass is 199 g/mol. The van der Waals surface area contributed by atoms with Crippen LogP contribution in [0.3, 0.4) is 0 Å². The zero-order valence-corrected chi connectivity index (χ0v) is 8.83. The molecule has 0 aromatic rings. The van der Waals surface area contributed by atoms with Crippen LogP contribution in [-0.2, 0) is 4.74 Å². The lowest BCUT2D eigenvalue weighted by Gasteiger charge is -2.20. The number of amides is 1. The molecule has 0 rings (SSSR count). The predicted molar refractivity (Wildman–Crippen MR) is 53.7 cm³/mol. The fraction of sp³-hybridized carbons (Fsp3) is 0.700. The van der Waals surface area contributed by atoms with E-state index in [9.17, 15) is 9.90 Å². The first-order chi connectivity index (χ1) is 6.35. The third kappa shape index (κ3) is 7.44. The maximum Gasteiger partial charge on any atom is 0.407 e. The minimum atomic E-state index is -0.715. The van der Waals surface area contributed by atoms with Crippen LogP contribution in [0.15, 0.2) is 0 Å². The highest BCUT2D eigenvalue weighted by molar-refractivity contribution is 5.67. The summed E-state index contributed by atoms with van der Waals surface area (Å²) in [5.74, 6) is 2.30. The van der Waals surface area contributed by atoms with Crippen molar-refractivity contribution < 1.29 is 14.6 Å². The number of aliphatic hydroxyl groups is 1. The second-order valence-electron chi connectivity index (χ2n) is 3.94. The molecular weight excluding hydrogens is 182 g/mol. The number of terminal acetylenes is 1. The molecule has 0 aliphatic heterocycles. The number of aliphatic hydroxyl groups excluding tert-OH is 1. The number of carbonyl (C=O) groups is 1. The van der Waals surface area contributed by atoms with Crippen molar-refractivity contribution in [2.45, 2.75) is 38.9 Å². The summed E-state index contributed by atoms with van der Waals surface area (Å²) in [7, 11) is 0. The summed E-state index contributed by atoms with van der Waals surface area (Å²) in [4.78, 5) is 11.1. The van der Waals surface area contributed by atoms with E-state index in [1.807, 2.05) is 0 Å². The molecule has 0 spiro atoms. The summed E-state index contributed by atoms with van der Waals surface area (Å²) in [5, 5.41) is 11.6. The number of nitrogens with one attached hydrogen (secondary N) is 1. The van der Waals surface area contributed by atoms with Crippen LogP contribution in [0.25, 0.3) is 0 Å². The molecule has 14 heavy (non-hydrogen) atoms. The largest absolute Gasteiger partial charge is 0.444 e. The van der Waals surface area contributed by atoms with Crippen LogP contribution in [0.4, 0.5) is 4.79 Å². The molecule has 1 amide bonds. The molecule has 0 aliphatic rings. The van der Waals surface area contributed by atoms with E-state index in [1.54, 1.807) is 20.8 Å². The smallest absolute Gasteiger partial charge is 0.407 e. The van der Waals surface area contributed by atoms with Gasteiger partial charge in [0, 0.05) is 13.0 Å². The highest BCUT2D eigenvalue weighted by Gasteiger charge is 2.16. The molecule has 80 valence electrons. The van der Waals surface area contributed by atoms with Crippen LogP contribution in [0.5, 0.6) is 0 Å². The first kappa shape index (κ1) is 12.8. The fourth-order valence-corrected chi connectivity index (χ4v) is 0.724. The maximum atomic E-state index is 11.1. The van der Waals surface area contributed by atoms with Gasteiger partial charge in [0.25, 0.3) is 0 Å². The Balaban J connectivity index is 3.71. The lowest BCUT2D eigenvalue weighted by molar-refractivity contribution is 0.0494. The normalized spacial score (nSPS) is 12.8. The SMILES string of the molecule is C#CC[C@H](O)CNC(=O)OC(C)(C)C. The zero-order valence-electron chi connectivity index (χ0n) is 8.83. The average Bonchev–Trinajstić information content (AvgIpc) is 1.98. The van der Waals surface area contributed by atoms with Crippen molar-refractivity contribution in [1.29, 1.82) is 0 Å². The molecule has 0 unspecified atom stereocenters. The zero-order chi connectivity index (χ0) is 11.2. The van der Waals surface area contributed by atoms with Gasteiger partial charge < -0.3 is 15.2 Å². The molecule has 0 saturated heterocycles. The Hall–Kier alpha value is -1.21. The summed E-state index contributed by atoms with van der Waals surface area (Å²) in [5.41, 5.74) is -0.527. The summed E-state index contributed by atoms with van der Waals surface area (Å²) in [6.07, 6.45) is 3.94. The number of carbonyl (C=O) groups excluding carboxylic acids is 1. The quantitative estimate of drug-likeness (QED) is 0.664. The van der Waals surface area contributed by atoms with Crippen molar-refractivity contribution in [2.75, 3.05) is 6.54 Å². The standard InChI is InChI=1S/C10H17NO3/c1-5-6-8(12)7-11-9(13)14-10(2,3)4/h1,8,12H,6-7H2,2-4H3,(H,11,13)/t8-/m0/s1. The molecule has 0 fully saturated rings. The van der Waals surface area contributed by atoms with Crippen LogP contribution in [0.1, 0.15) is 27.2 Å². The summed E-state index contributed by atoms with van der Waals surface area (Å²) in [6, 6.07) is 0. The maximum absolute atomic E-state index is 11.1. The van der Waals surface area contributed by atoms with E-state index in [4.69, 9.17) is 11.2 Å². The first-order valence-corrected chi connectivity index (χ1v) is 4.43. The van der Waals surface area contributed by atoms with Gasteiger partial charge in [0.15, 0.2) is 0 Å². The summed E-state index contributed by atoms with van der Waals surface area (Å²) >= 11 is 0. The lowest BCUT2D eigenvalue weighted by atomic mass is 10.2. The van der Waals surface area contributed by atoms with E-state index in [0.717, 1.165) is 0 Å². The van der Waals surface area contributed by atoms with Crippen molar-refractivity contribution in [2.24, 2.45) is 0 Å². The van der Waals surface area contributed by atoms with Crippen molar-refractivity contribution in [3.8, 4) is 12.3 Å². The van der Waals surface area contributed by atoms with E-state index in [2.05, 4.69) is 11.2 Å². The van der Waals surface area contributed by atoms with E-state index in [0.29, 0.717) is 0 Å². The van der Waals surface area contributed by atoms with Gasteiger partial charge in [0.05, 0.1) is 6.10 Å². The molecule has 4 heteroatoms. The molecule has 0 saturated carbocycles. The summed E-state index contributed by atoms with van der Waals surface area (Å²) < 4.78 is 4.95. The van der Waals surface area contributed by atoms with Gasteiger partial charge in [-0.3, -0.25) is 0 Å². The molecule has 0 bridgehead atoms. The number of ether oxygens (including phenoxy) is 1. The van der Waals surface area contributed by atoms with Gasteiger partial charge in [0.2, 0.25) is 0 Å². The molecule has 0 aromatic carbocycles. The highest BCUT2D eigenvalue weighted by atomic mass is 16.6. The predicted octanol–water partition coefficient (Wildman–Crippen LogP) is 0.895. The minimum Gasteiger partial charge on any atom is -0.444 e. The van der Waals surface area contributed by atoms with Gasteiger partial charge in [-0.2, -0.15) is 0 Å². The third-order valence-electron chi connectivity index (χ3n) is 1.23. The van der Waals surface area contributed by atoms with Crippen LogP contribution >= 0.6 is 0 Å². The fourth-order valence-electron chi connectivity index (χ4n) is 0.724. The minimum absolute atomic E-state index is 0.110. The Bertz CT molecular complexity index is 225. The van der Waals surface area contributed by atoms with Crippen molar-refractivity contribution in [1.82, 2.24) is 5.32 Å². The van der Waals surface area contributed by atoms with E-state index in [1.165, 1.54) is 0 Å². The molecule has 1 atom stereocenters. The third-order valence-corrected chi connectivity index (χ3v) is 1.23. The molecule has 2 N–H and O–H groups in total. The van der Waals surface area contributed by atoms with Crippen LogP contribution < -0.4 is 5.32 Å². The van der Waals surface area contributed by atoms with Crippen LogP contribution in [0.2, 0.25) is 0 Å². The molecular formula is C10H17NO3. The van der Waals surface area contributed by atoms with Crippen molar-refractivity contribution in [3.05, 3.63) is 0 Å². The second kappa shape index (κ2) is 5.51.